The number of allylic oxidation sites excluding steroid dienone is 2. The zero-order chi connectivity index (χ0) is 25.1. The van der Waals surface area contributed by atoms with Crippen molar-refractivity contribution in [3.8, 4) is 11.8 Å². The van der Waals surface area contributed by atoms with Crippen LogP contribution in [0.4, 0.5) is 10.5 Å². The van der Waals surface area contributed by atoms with Crippen LogP contribution in [0.1, 0.15) is 61.5 Å². The van der Waals surface area contributed by atoms with E-state index in [1.54, 1.807) is 0 Å². The Balaban J connectivity index is 1.43. The van der Waals surface area contributed by atoms with Crippen LogP contribution in [-0.2, 0) is 6.61 Å². The molecule has 8 nitrogen and oxygen atoms in total. The Kier molecular flexibility index (Phi) is 6.63. The number of hydrogen-bond acceptors (Lipinski definition) is 6. The molecule has 182 valence electrons. The predicted octanol–water partition coefficient (Wildman–Crippen LogP) is 5.31. The number of rotatable bonds is 7. The van der Waals surface area contributed by atoms with Crippen molar-refractivity contribution in [2.75, 3.05) is 5.32 Å². The highest BCUT2D eigenvalue weighted by atomic mass is 16.5. The molecule has 8 heteroatoms. The maximum Gasteiger partial charge on any atom is 0.319 e. The van der Waals surface area contributed by atoms with E-state index in [1.807, 2.05) is 50.2 Å². The number of nitriles is 1. The summed E-state index contributed by atoms with van der Waals surface area (Å²) in [4.78, 5) is 24.2. The van der Waals surface area contributed by atoms with Crippen molar-refractivity contribution in [2.45, 2.75) is 51.7 Å². The van der Waals surface area contributed by atoms with Gasteiger partial charge in [-0.25, -0.2) is 19.7 Å². The first-order valence-electron chi connectivity index (χ1n) is 12.2. The summed E-state index contributed by atoms with van der Waals surface area (Å²) in [6.45, 7) is 4.08. The van der Waals surface area contributed by atoms with E-state index in [1.165, 1.54) is 19.1 Å². The highest BCUT2D eigenvalue weighted by Gasteiger charge is 2.39. The van der Waals surface area contributed by atoms with Crippen molar-refractivity contribution in [1.29, 1.82) is 5.26 Å². The molecule has 1 unspecified atom stereocenters. The molecular formula is C28H28N6O2. The maximum absolute atomic E-state index is 12.1. The standard InChI is InChI=1S/C28H28N6O2/c1-17(2)33-28(35)34-20-8-6-19(7-9-20)27-24(13-29)22-11-10-21(36-14-25-31-15-30-16-32-25)12-23(22)26(27)18-4-3-5-18/h6-12,15-18,26H,3-5,14H2,1-2H3,(H2,33,34,35). The second-order valence-corrected chi connectivity index (χ2v) is 9.49. The lowest BCUT2D eigenvalue weighted by Gasteiger charge is -2.34. The minimum atomic E-state index is -0.236. The Morgan fingerprint density at radius 2 is 1.89 bits per heavy atom. The number of fused-ring (bicyclic) bond motifs is 1. The van der Waals surface area contributed by atoms with Crippen LogP contribution in [0.25, 0.3) is 11.1 Å². The highest BCUT2D eigenvalue weighted by molar-refractivity contribution is 6.05. The van der Waals surface area contributed by atoms with Crippen molar-refractivity contribution < 1.29 is 9.53 Å². The third-order valence-corrected chi connectivity index (χ3v) is 6.73. The number of hydrogen-bond donors (Lipinski definition) is 2. The summed E-state index contributed by atoms with van der Waals surface area (Å²) in [6.07, 6.45) is 6.38. The summed E-state index contributed by atoms with van der Waals surface area (Å²) < 4.78 is 5.99. The monoisotopic (exact) mass is 480 g/mol. The van der Waals surface area contributed by atoms with E-state index < -0.39 is 0 Å². The van der Waals surface area contributed by atoms with E-state index in [4.69, 9.17) is 4.74 Å². The molecule has 0 spiro atoms. The van der Waals surface area contributed by atoms with Crippen molar-refractivity contribution in [3.63, 3.8) is 0 Å². The van der Waals surface area contributed by atoms with Gasteiger partial charge >= 0.3 is 6.03 Å². The molecule has 1 saturated carbocycles. The van der Waals surface area contributed by atoms with Gasteiger partial charge in [-0.3, -0.25) is 0 Å². The first-order valence-corrected chi connectivity index (χ1v) is 12.2. The minimum absolute atomic E-state index is 0.0546. The Morgan fingerprint density at radius 3 is 2.53 bits per heavy atom. The molecule has 0 aliphatic heterocycles. The third kappa shape index (κ3) is 4.78. The van der Waals surface area contributed by atoms with Gasteiger partial charge in [0.05, 0.1) is 5.57 Å². The first kappa shape index (κ1) is 23.5. The zero-order valence-electron chi connectivity index (χ0n) is 20.4. The van der Waals surface area contributed by atoms with E-state index in [2.05, 4.69) is 37.7 Å². The molecule has 2 aliphatic carbocycles. The van der Waals surface area contributed by atoms with Gasteiger partial charge in [0.15, 0.2) is 5.82 Å². The molecule has 2 aromatic carbocycles. The second-order valence-electron chi connectivity index (χ2n) is 9.49. The minimum Gasteiger partial charge on any atom is -0.486 e. The van der Waals surface area contributed by atoms with Crippen LogP contribution in [0, 0.1) is 17.2 Å². The molecule has 1 fully saturated rings. The molecule has 0 bridgehead atoms. The van der Waals surface area contributed by atoms with Crippen LogP contribution in [0.15, 0.2) is 55.1 Å². The Morgan fingerprint density at radius 1 is 1.14 bits per heavy atom. The van der Waals surface area contributed by atoms with E-state index in [9.17, 15) is 10.1 Å². The van der Waals surface area contributed by atoms with Crippen molar-refractivity contribution in [1.82, 2.24) is 20.3 Å². The van der Waals surface area contributed by atoms with Gasteiger partial charge in [-0.15, -0.1) is 0 Å². The average Bonchev–Trinajstić information content (AvgIpc) is 3.15. The fourth-order valence-electron chi connectivity index (χ4n) is 4.93. The van der Waals surface area contributed by atoms with Gasteiger partial charge in [0.2, 0.25) is 0 Å². The number of nitrogens with zero attached hydrogens (tertiary/aromatic N) is 4. The number of amides is 2. The molecule has 1 heterocycles. The summed E-state index contributed by atoms with van der Waals surface area (Å²) in [5.41, 5.74) is 5.59. The third-order valence-electron chi connectivity index (χ3n) is 6.73. The molecule has 2 aliphatic rings. The van der Waals surface area contributed by atoms with Gasteiger partial charge in [-0.1, -0.05) is 18.6 Å². The number of carbonyl (C=O) groups is 1. The van der Waals surface area contributed by atoms with Crippen LogP contribution in [0.2, 0.25) is 0 Å². The lowest BCUT2D eigenvalue weighted by atomic mass is 9.70. The molecule has 2 N–H and O–H groups in total. The normalized spacial score (nSPS) is 16.8. The fraction of sp³-hybridized carbons (Fsp3) is 0.321. The van der Waals surface area contributed by atoms with E-state index in [-0.39, 0.29) is 24.6 Å². The summed E-state index contributed by atoms with van der Waals surface area (Å²) >= 11 is 0. The number of anilines is 1. The SMILES string of the molecule is CC(C)NC(=O)Nc1ccc(C2=C(C#N)c3ccc(OCc4ncncn4)cc3C2C2CCC2)cc1. The predicted molar refractivity (Wildman–Crippen MR) is 137 cm³/mol. The highest BCUT2D eigenvalue weighted by Crippen LogP contribution is 2.55. The fourth-order valence-corrected chi connectivity index (χ4v) is 4.93. The van der Waals surface area contributed by atoms with Crippen LogP contribution in [0.5, 0.6) is 5.75 Å². The number of ether oxygens (including phenoxy) is 1. The smallest absolute Gasteiger partial charge is 0.319 e. The van der Waals surface area contributed by atoms with Gasteiger partial charge < -0.3 is 15.4 Å². The van der Waals surface area contributed by atoms with Crippen LogP contribution < -0.4 is 15.4 Å². The second kappa shape index (κ2) is 10.2. The lowest BCUT2D eigenvalue weighted by Crippen LogP contribution is -2.34. The Bertz CT molecular complexity index is 1320. The van der Waals surface area contributed by atoms with Crippen LogP contribution >= 0.6 is 0 Å². The molecular weight excluding hydrogens is 452 g/mol. The number of benzene rings is 2. The molecule has 3 aromatic rings. The van der Waals surface area contributed by atoms with Crippen molar-refractivity contribution >= 4 is 22.9 Å². The summed E-state index contributed by atoms with van der Waals surface area (Å²) in [6, 6.07) is 16.0. The van der Waals surface area contributed by atoms with Gasteiger partial charge in [-0.2, -0.15) is 5.26 Å². The van der Waals surface area contributed by atoms with Crippen LogP contribution in [-0.4, -0.2) is 27.0 Å². The van der Waals surface area contributed by atoms with Gasteiger partial charge in [0.1, 0.15) is 31.1 Å². The van der Waals surface area contributed by atoms with Crippen LogP contribution in [0.3, 0.4) is 0 Å². The molecule has 1 atom stereocenters. The van der Waals surface area contributed by atoms with Gasteiger partial charge in [-0.05, 0) is 85.2 Å². The summed E-state index contributed by atoms with van der Waals surface area (Å²) in [5, 5.41) is 15.9. The van der Waals surface area contributed by atoms with Gasteiger partial charge in [0.25, 0.3) is 0 Å². The van der Waals surface area contributed by atoms with E-state index >= 15 is 0 Å². The molecule has 1 aromatic heterocycles. The molecule has 2 amide bonds. The lowest BCUT2D eigenvalue weighted by molar-refractivity contribution is 0.250. The topological polar surface area (TPSA) is 113 Å². The Labute approximate surface area is 210 Å². The van der Waals surface area contributed by atoms with E-state index in [0.717, 1.165) is 40.9 Å². The zero-order valence-corrected chi connectivity index (χ0v) is 20.4. The molecule has 0 radical (unpaired) electrons. The quantitative estimate of drug-likeness (QED) is 0.474. The largest absolute Gasteiger partial charge is 0.486 e. The number of carbonyl (C=O) groups excluding carboxylic acids is 1. The average molecular weight is 481 g/mol. The number of urea groups is 1. The van der Waals surface area contributed by atoms with Gasteiger partial charge in [0, 0.05) is 17.6 Å². The van der Waals surface area contributed by atoms with Crippen molar-refractivity contribution in [3.05, 3.63) is 77.6 Å². The molecule has 0 saturated heterocycles. The Hall–Kier alpha value is -4.25. The summed E-state index contributed by atoms with van der Waals surface area (Å²) in [7, 11) is 0. The van der Waals surface area contributed by atoms with Crippen molar-refractivity contribution in [2.24, 2.45) is 5.92 Å². The van der Waals surface area contributed by atoms with E-state index in [0.29, 0.717) is 23.0 Å². The molecule has 36 heavy (non-hydrogen) atoms. The molecule has 5 rings (SSSR count). The summed E-state index contributed by atoms with van der Waals surface area (Å²) in [5.74, 6) is 1.91. The first-order chi connectivity index (χ1) is 17.5. The number of nitrogens with one attached hydrogen (secondary N) is 2. The maximum atomic E-state index is 12.1. The number of aromatic nitrogens is 3.